The molecule has 0 spiro atoms. The molecule has 0 bridgehead atoms. The lowest BCUT2D eigenvalue weighted by Crippen LogP contribution is -2.18. The van der Waals surface area contributed by atoms with Gasteiger partial charge in [-0.05, 0) is 28.6 Å². The molecule has 3 aromatic rings. The van der Waals surface area contributed by atoms with Crippen LogP contribution in [0.3, 0.4) is 0 Å². The average molecular weight is 305 g/mol. The number of aromatic nitrogens is 4. The molecular weight excluding hydrogens is 293 g/mol. The zero-order valence-electron chi connectivity index (χ0n) is 11.6. The molecule has 0 unspecified atom stereocenters. The third-order valence-electron chi connectivity index (χ3n) is 3.08. The minimum Gasteiger partial charge on any atom is -0.461 e. The Kier molecular flexibility index (Phi) is 3.79. The van der Waals surface area contributed by atoms with Crippen molar-refractivity contribution in [3.63, 3.8) is 0 Å². The Bertz CT molecular complexity index is 813. The predicted molar refractivity (Wildman–Crippen MR) is 73.8 cm³/mol. The minimum absolute atomic E-state index is 0.0339. The fourth-order valence-electron chi connectivity index (χ4n) is 2.02. The van der Waals surface area contributed by atoms with Crippen molar-refractivity contribution < 1.29 is 18.3 Å². The first-order chi connectivity index (χ1) is 10.7. The van der Waals surface area contributed by atoms with Crippen molar-refractivity contribution in [2.75, 3.05) is 19.0 Å². The largest absolute Gasteiger partial charge is 0.461 e. The number of carbonyl (C=O) groups is 1. The highest BCUT2D eigenvalue weighted by molar-refractivity contribution is 6.11. The summed E-state index contributed by atoms with van der Waals surface area (Å²) >= 11 is 0. The van der Waals surface area contributed by atoms with Gasteiger partial charge in [-0.25, -0.2) is 9.07 Å². The van der Waals surface area contributed by atoms with Crippen LogP contribution in [0.15, 0.2) is 28.9 Å². The lowest BCUT2D eigenvalue weighted by Gasteiger charge is -2.06. The zero-order valence-corrected chi connectivity index (χ0v) is 11.6. The van der Waals surface area contributed by atoms with Crippen molar-refractivity contribution in [3.8, 4) is 0 Å². The fourth-order valence-corrected chi connectivity index (χ4v) is 2.02. The molecule has 3 rings (SSSR count). The number of amides is 1. The summed E-state index contributed by atoms with van der Waals surface area (Å²) in [5.41, 5.74) is 0.304. The van der Waals surface area contributed by atoms with E-state index in [1.807, 2.05) is 0 Å². The van der Waals surface area contributed by atoms with Gasteiger partial charge in [0.25, 0.3) is 5.91 Å². The van der Waals surface area contributed by atoms with E-state index in [-0.39, 0.29) is 17.1 Å². The summed E-state index contributed by atoms with van der Waals surface area (Å²) in [5.74, 6) is -0.802. The zero-order chi connectivity index (χ0) is 15.5. The molecule has 2 aromatic heterocycles. The van der Waals surface area contributed by atoms with Gasteiger partial charge in [-0.3, -0.25) is 10.1 Å². The summed E-state index contributed by atoms with van der Waals surface area (Å²) in [7, 11) is 1.55. The number of halogens is 1. The van der Waals surface area contributed by atoms with Gasteiger partial charge in [0, 0.05) is 12.5 Å². The normalized spacial score (nSPS) is 11.0. The molecule has 22 heavy (non-hydrogen) atoms. The second-order valence-electron chi connectivity index (χ2n) is 4.43. The minimum atomic E-state index is -0.526. The van der Waals surface area contributed by atoms with Crippen LogP contribution in [-0.2, 0) is 11.3 Å². The molecule has 1 N–H and O–H groups in total. The Morgan fingerprint density at radius 2 is 2.32 bits per heavy atom. The first-order valence-electron chi connectivity index (χ1n) is 6.43. The molecule has 0 atom stereocenters. The van der Waals surface area contributed by atoms with Crippen LogP contribution in [-0.4, -0.2) is 39.8 Å². The molecule has 0 aliphatic heterocycles. The van der Waals surface area contributed by atoms with Crippen molar-refractivity contribution in [2.45, 2.75) is 6.54 Å². The van der Waals surface area contributed by atoms with Gasteiger partial charge in [-0.1, -0.05) is 5.10 Å². The highest BCUT2D eigenvalue weighted by Gasteiger charge is 2.17. The molecule has 0 aliphatic rings. The fraction of sp³-hybridized carbons (Fsp3) is 0.231. The maximum absolute atomic E-state index is 13.6. The van der Waals surface area contributed by atoms with Gasteiger partial charge < -0.3 is 9.15 Å². The van der Waals surface area contributed by atoms with Crippen LogP contribution in [0, 0.1) is 5.82 Å². The van der Waals surface area contributed by atoms with E-state index in [4.69, 9.17) is 9.15 Å². The van der Waals surface area contributed by atoms with E-state index in [2.05, 4.69) is 20.8 Å². The molecule has 2 heterocycles. The Morgan fingerprint density at radius 1 is 1.45 bits per heavy atom. The van der Waals surface area contributed by atoms with E-state index in [0.29, 0.717) is 18.5 Å². The van der Waals surface area contributed by atoms with Gasteiger partial charge in [-0.15, -0.1) is 0 Å². The maximum Gasteiger partial charge on any atom is 0.258 e. The molecule has 1 aromatic carbocycles. The monoisotopic (exact) mass is 305 g/mol. The Hall–Kier alpha value is -2.81. The number of furan rings is 1. The molecule has 9 heteroatoms. The maximum atomic E-state index is 13.6. The summed E-state index contributed by atoms with van der Waals surface area (Å²) in [5, 5.41) is 14.0. The molecule has 0 fully saturated rings. The first-order valence-corrected chi connectivity index (χ1v) is 6.43. The van der Waals surface area contributed by atoms with Crippen LogP contribution in [0.5, 0.6) is 0 Å². The molecule has 114 valence electrons. The standard InChI is InChI=1S/C13H12FN5O3/c1-21-7-5-19-13(16-17-18-19)15-12(20)9-2-3-10(14)11-8(9)4-6-22-11/h2-4,6H,5,7H2,1H3,(H,15,16,18,20). The van der Waals surface area contributed by atoms with Crippen molar-refractivity contribution in [1.82, 2.24) is 20.2 Å². The lowest BCUT2D eigenvalue weighted by molar-refractivity contribution is 0.102. The number of tetrazole rings is 1. The van der Waals surface area contributed by atoms with Gasteiger partial charge in [0.2, 0.25) is 5.95 Å². The van der Waals surface area contributed by atoms with Gasteiger partial charge in [-0.2, -0.15) is 0 Å². The van der Waals surface area contributed by atoms with E-state index < -0.39 is 11.7 Å². The van der Waals surface area contributed by atoms with Crippen molar-refractivity contribution >= 4 is 22.8 Å². The third kappa shape index (κ3) is 2.53. The third-order valence-corrected chi connectivity index (χ3v) is 3.08. The number of anilines is 1. The second kappa shape index (κ2) is 5.90. The molecule has 0 radical (unpaired) electrons. The van der Waals surface area contributed by atoms with Crippen LogP contribution in [0.25, 0.3) is 11.0 Å². The average Bonchev–Trinajstić information content (AvgIpc) is 3.15. The number of nitrogens with zero attached hydrogens (tertiary/aromatic N) is 4. The number of nitrogens with one attached hydrogen (secondary N) is 1. The van der Waals surface area contributed by atoms with Gasteiger partial charge in [0.15, 0.2) is 11.4 Å². The lowest BCUT2D eigenvalue weighted by atomic mass is 10.1. The van der Waals surface area contributed by atoms with Crippen molar-refractivity contribution in [3.05, 3.63) is 35.8 Å². The first kappa shape index (κ1) is 14.1. The summed E-state index contributed by atoms with van der Waals surface area (Å²) in [6, 6.07) is 4.09. The number of ether oxygens (including phenoxy) is 1. The number of carbonyl (C=O) groups excluding carboxylic acids is 1. The quantitative estimate of drug-likeness (QED) is 0.766. The van der Waals surface area contributed by atoms with E-state index in [0.717, 1.165) is 0 Å². The van der Waals surface area contributed by atoms with Crippen LogP contribution in [0.1, 0.15) is 10.4 Å². The predicted octanol–water partition coefficient (Wildman–Crippen LogP) is 1.46. The topological polar surface area (TPSA) is 95.1 Å². The Balaban J connectivity index is 1.86. The van der Waals surface area contributed by atoms with Gasteiger partial charge in [0.05, 0.1) is 25.0 Å². The highest BCUT2D eigenvalue weighted by Crippen LogP contribution is 2.23. The van der Waals surface area contributed by atoms with E-state index in [9.17, 15) is 9.18 Å². The Labute approximate surface area is 123 Å². The number of fused-ring (bicyclic) bond motifs is 1. The van der Waals surface area contributed by atoms with Crippen molar-refractivity contribution in [1.29, 1.82) is 0 Å². The van der Waals surface area contributed by atoms with Crippen molar-refractivity contribution in [2.24, 2.45) is 0 Å². The number of hydrogen-bond acceptors (Lipinski definition) is 6. The molecule has 8 nitrogen and oxygen atoms in total. The van der Waals surface area contributed by atoms with E-state index in [1.54, 1.807) is 7.11 Å². The molecule has 1 amide bonds. The van der Waals surface area contributed by atoms with Crippen LogP contribution in [0.2, 0.25) is 0 Å². The number of rotatable bonds is 5. The summed E-state index contributed by atoms with van der Waals surface area (Å²) < 4.78 is 24.9. The van der Waals surface area contributed by atoms with Crippen LogP contribution < -0.4 is 5.32 Å². The number of methoxy groups -OCH3 is 1. The SMILES string of the molecule is COCCn1nnnc1NC(=O)c1ccc(F)c2occc12. The summed E-state index contributed by atoms with van der Waals surface area (Å²) in [4.78, 5) is 12.3. The summed E-state index contributed by atoms with van der Waals surface area (Å²) in [6.45, 7) is 0.792. The summed E-state index contributed by atoms with van der Waals surface area (Å²) in [6.07, 6.45) is 1.33. The smallest absolute Gasteiger partial charge is 0.258 e. The molecule has 0 saturated heterocycles. The highest BCUT2D eigenvalue weighted by atomic mass is 19.1. The second-order valence-corrected chi connectivity index (χ2v) is 4.43. The van der Waals surface area contributed by atoms with E-state index in [1.165, 1.54) is 29.1 Å². The Morgan fingerprint density at radius 3 is 3.14 bits per heavy atom. The van der Waals surface area contributed by atoms with Gasteiger partial charge >= 0.3 is 0 Å². The molecule has 0 saturated carbocycles. The number of benzene rings is 1. The van der Waals surface area contributed by atoms with Crippen LogP contribution >= 0.6 is 0 Å². The molecule has 0 aliphatic carbocycles. The van der Waals surface area contributed by atoms with Crippen LogP contribution in [0.4, 0.5) is 10.3 Å². The van der Waals surface area contributed by atoms with E-state index >= 15 is 0 Å². The molecular formula is C13H12FN5O3. The van der Waals surface area contributed by atoms with Gasteiger partial charge in [0.1, 0.15) is 0 Å². The number of hydrogen-bond donors (Lipinski definition) is 1.